The SMILES string of the molecule is CCCCNC(=O)CCc1ccc(N(C(=O)Oc2c(C)cccc2C)c2ccnc(Nc3ccc(OCC4CCCN(C)C4)c(F)c3)n2)c(OC)c1. The maximum Gasteiger partial charge on any atom is 0.425 e. The van der Waals surface area contributed by atoms with Gasteiger partial charge in [-0.3, -0.25) is 4.79 Å². The Morgan fingerprint density at radius 2 is 1.87 bits per heavy atom. The monoisotopic (exact) mass is 712 g/mol. The molecule has 4 aromatic rings. The fourth-order valence-corrected chi connectivity index (χ4v) is 6.20. The smallest absolute Gasteiger partial charge is 0.425 e. The van der Waals surface area contributed by atoms with E-state index in [1.54, 1.807) is 30.3 Å². The lowest BCUT2D eigenvalue weighted by atomic mass is 10.00. The van der Waals surface area contributed by atoms with Crippen LogP contribution in [0.15, 0.2) is 66.9 Å². The lowest BCUT2D eigenvalue weighted by molar-refractivity contribution is -0.121. The Kier molecular flexibility index (Phi) is 13.4. The van der Waals surface area contributed by atoms with Crippen molar-refractivity contribution in [3.63, 3.8) is 0 Å². The first-order chi connectivity index (χ1) is 25.1. The topological polar surface area (TPSA) is 118 Å². The van der Waals surface area contributed by atoms with Crippen LogP contribution >= 0.6 is 0 Å². The number of piperidine rings is 1. The number of amides is 2. The van der Waals surface area contributed by atoms with Crippen molar-refractivity contribution in [1.29, 1.82) is 0 Å². The van der Waals surface area contributed by atoms with Crippen LogP contribution in [-0.4, -0.2) is 67.3 Å². The maximum atomic E-state index is 15.2. The Balaban J connectivity index is 1.39. The average Bonchev–Trinajstić information content (AvgIpc) is 3.13. The van der Waals surface area contributed by atoms with E-state index in [4.69, 9.17) is 14.2 Å². The van der Waals surface area contributed by atoms with Gasteiger partial charge in [-0.15, -0.1) is 0 Å². The number of aromatic nitrogens is 2. The van der Waals surface area contributed by atoms with E-state index in [2.05, 4.69) is 39.5 Å². The Bertz CT molecular complexity index is 1820. The number of hydrogen-bond acceptors (Lipinski definition) is 9. The van der Waals surface area contributed by atoms with Gasteiger partial charge in [-0.25, -0.2) is 19.1 Å². The number of para-hydroxylation sites is 1. The van der Waals surface area contributed by atoms with Crippen molar-refractivity contribution < 1.29 is 28.2 Å². The Labute approximate surface area is 305 Å². The number of hydrogen-bond donors (Lipinski definition) is 2. The average molecular weight is 713 g/mol. The predicted octanol–water partition coefficient (Wildman–Crippen LogP) is 7.89. The molecule has 52 heavy (non-hydrogen) atoms. The molecule has 1 atom stereocenters. The largest absolute Gasteiger partial charge is 0.495 e. The second kappa shape index (κ2) is 18.3. The first kappa shape index (κ1) is 38.0. The number of likely N-dealkylation sites (tertiary alicyclic amines) is 1. The molecule has 0 saturated carbocycles. The van der Waals surface area contributed by atoms with Gasteiger partial charge in [0.15, 0.2) is 11.6 Å². The van der Waals surface area contributed by atoms with Crippen molar-refractivity contribution in [3.8, 4) is 17.2 Å². The molecular weight excluding hydrogens is 663 g/mol. The van der Waals surface area contributed by atoms with E-state index < -0.39 is 11.9 Å². The molecule has 2 N–H and O–H groups in total. The molecule has 2 heterocycles. The van der Waals surface area contributed by atoms with Gasteiger partial charge in [-0.1, -0.05) is 37.6 Å². The molecule has 12 heteroatoms. The number of ether oxygens (including phenoxy) is 3. The molecule has 1 aliphatic rings. The minimum Gasteiger partial charge on any atom is -0.495 e. The van der Waals surface area contributed by atoms with E-state index in [1.807, 2.05) is 38.1 Å². The Morgan fingerprint density at radius 1 is 1.06 bits per heavy atom. The standard InChI is InChI=1S/C40H49FN6O5/c1-6-7-20-42-37(48)18-14-29-13-16-33(35(23-29)50-5)47(40(49)52-38-27(2)10-8-11-28(38)3)36-19-21-43-39(45-36)44-31-15-17-34(32(41)24-31)51-26-30-12-9-22-46(4)25-30/h8,10-11,13,15-17,19,21,23-24,30H,6-7,9,12,14,18,20,22,25-26H2,1-5H3,(H,42,48)(H,43,44,45). The number of benzene rings is 3. The zero-order valence-corrected chi connectivity index (χ0v) is 30.7. The molecule has 5 rings (SSSR count). The maximum absolute atomic E-state index is 15.2. The first-order valence-electron chi connectivity index (χ1n) is 17.9. The summed E-state index contributed by atoms with van der Waals surface area (Å²) in [6, 6.07) is 17.2. The highest BCUT2D eigenvalue weighted by Gasteiger charge is 2.27. The fourth-order valence-electron chi connectivity index (χ4n) is 6.20. The number of unbranched alkanes of at least 4 members (excludes halogenated alkanes) is 1. The summed E-state index contributed by atoms with van der Waals surface area (Å²) in [5.41, 5.74) is 3.22. The summed E-state index contributed by atoms with van der Waals surface area (Å²) >= 11 is 0. The van der Waals surface area contributed by atoms with Crippen LogP contribution in [0.2, 0.25) is 0 Å². The van der Waals surface area contributed by atoms with E-state index in [0.29, 0.717) is 54.8 Å². The van der Waals surface area contributed by atoms with Crippen LogP contribution in [-0.2, 0) is 11.2 Å². The fraction of sp³-hybridized carbons (Fsp3) is 0.400. The molecule has 1 fully saturated rings. The molecule has 1 aromatic heterocycles. The van der Waals surface area contributed by atoms with E-state index in [1.165, 1.54) is 24.3 Å². The third kappa shape index (κ3) is 10.2. The first-order valence-corrected chi connectivity index (χ1v) is 17.9. The van der Waals surface area contributed by atoms with Crippen molar-refractivity contribution in [2.75, 3.05) is 50.6 Å². The third-order valence-corrected chi connectivity index (χ3v) is 9.01. The van der Waals surface area contributed by atoms with Crippen LogP contribution in [0.1, 0.15) is 55.7 Å². The van der Waals surface area contributed by atoms with Crippen LogP contribution in [0.5, 0.6) is 17.2 Å². The Hall–Kier alpha value is -5.23. The summed E-state index contributed by atoms with van der Waals surface area (Å²) in [4.78, 5) is 39.0. The van der Waals surface area contributed by atoms with Gasteiger partial charge in [-0.05, 0) is 94.1 Å². The number of nitrogens with one attached hydrogen (secondary N) is 2. The van der Waals surface area contributed by atoms with Crippen molar-refractivity contribution >= 4 is 35.1 Å². The van der Waals surface area contributed by atoms with Crippen LogP contribution < -0.4 is 29.7 Å². The molecule has 0 spiro atoms. The van der Waals surface area contributed by atoms with Gasteiger partial charge < -0.3 is 29.7 Å². The molecule has 1 unspecified atom stereocenters. The lowest BCUT2D eigenvalue weighted by Gasteiger charge is -2.29. The predicted molar refractivity (Wildman–Crippen MR) is 201 cm³/mol. The van der Waals surface area contributed by atoms with Crippen molar-refractivity contribution in [2.45, 2.75) is 59.3 Å². The van der Waals surface area contributed by atoms with Crippen molar-refractivity contribution in [3.05, 3.63) is 89.4 Å². The molecule has 2 amide bonds. The molecule has 1 aliphatic heterocycles. The normalized spacial score (nSPS) is 14.4. The molecule has 276 valence electrons. The summed E-state index contributed by atoms with van der Waals surface area (Å²) in [5, 5.41) is 5.99. The highest BCUT2D eigenvalue weighted by Crippen LogP contribution is 2.36. The zero-order chi connectivity index (χ0) is 37.0. The molecule has 0 radical (unpaired) electrons. The summed E-state index contributed by atoms with van der Waals surface area (Å²) in [7, 11) is 3.60. The van der Waals surface area contributed by atoms with Gasteiger partial charge in [0.2, 0.25) is 11.9 Å². The summed E-state index contributed by atoms with van der Waals surface area (Å²) < 4.78 is 32.8. The van der Waals surface area contributed by atoms with E-state index >= 15 is 4.39 Å². The van der Waals surface area contributed by atoms with Crippen LogP contribution in [0.4, 0.5) is 32.3 Å². The van der Waals surface area contributed by atoms with Crippen molar-refractivity contribution in [1.82, 2.24) is 20.2 Å². The third-order valence-electron chi connectivity index (χ3n) is 9.01. The van der Waals surface area contributed by atoms with Gasteiger partial charge >= 0.3 is 6.09 Å². The number of methoxy groups -OCH3 is 1. The van der Waals surface area contributed by atoms with Gasteiger partial charge in [0.05, 0.1) is 19.4 Å². The molecule has 3 aromatic carbocycles. The highest BCUT2D eigenvalue weighted by atomic mass is 19.1. The lowest BCUT2D eigenvalue weighted by Crippen LogP contribution is -2.34. The number of halogens is 1. The second-order valence-electron chi connectivity index (χ2n) is 13.2. The number of nitrogens with zero attached hydrogens (tertiary/aromatic N) is 4. The van der Waals surface area contributed by atoms with E-state index in [-0.39, 0.29) is 23.4 Å². The number of rotatable bonds is 15. The van der Waals surface area contributed by atoms with Gasteiger partial charge in [0.25, 0.3) is 0 Å². The van der Waals surface area contributed by atoms with Crippen molar-refractivity contribution in [2.24, 2.45) is 5.92 Å². The summed E-state index contributed by atoms with van der Waals surface area (Å²) in [6.07, 6.45) is 5.68. The molecule has 0 bridgehead atoms. The van der Waals surface area contributed by atoms with Gasteiger partial charge in [-0.2, -0.15) is 4.98 Å². The van der Waals surface area contributed by atoms with Crippen LogP contribution in [0, 0.1) is 25.6 Å². The van der Waals surface area contributed by atoms with Gasteiger partial charge in [0.1, 0.15) is 17.3 Å². The second-order valence-corrected chi connectivity index (χ2v) is 13.2. The zero-order valence-electron chi connectivity index (χ0n) is 30.7. The quantitative estimate of drug-likeness (QED) is 0.119. The minimum absolute atomic E-state index is 0.0224. The molecule has 0 aliphatic carbocycles. The van der Waals surface area contributed by atoms with E-state index in [0.717, 1.165) is 55.5 Å². The number of anilines is 4. The summed E-state index contributed by atoms with van der Waals surface area (Å²) in [5.74, 6) is 1.14. The van der Waals surface area contributed by atoms with Crippen LogP contribution in [0.3, 0.4) is 0 Å². The molecular formula is C40H49FN6O5. The number of aryl methyl sites for hydroxylation is 3. The Morgan fingerprint density at radius 3 is 2.60 bits per heavy atom. The number of carbonyl (C=O) groups is 2. The summed E-state index contributed by atoms with van der Waals surface area (Å²) in [6.45, 7) is 8.91. The molecule has 1 saturated heterocycles. The highest BCUT2D eigenvalue weighted by molar-refractivity contribution is 5.98. The van der Waals surface area contributed by atoms with Crippen LogP contribution in [0.25, 0.3) is 0 Å². The minimum atomic E-state index is -0.722. The molecule has 11 nitrogen and oxygen atoms in total. The van der Waals surface area contributed by atoms with Gasteiger partial charge in [0, 0.05) is 49.4 Å². The van der Waals surface area contributed by atoms with E-state index in [9.17, 15) is 9.59 Å². The number of carbonyl (C=O) groups excluding carboxylic acids is 2.